The molecule has 0 aromatic carbocycles. The number of hydrogen-bond acceptors (Lipinski definition) is 6. The summed E-state index contributed by atoms with van der Waals surface area (Å²) in [5, 5.41) is 14.2. The minimum absolute atomic E-state index is 0.845. The van der Waals surface area contributed by atoms with E-state index >= 15 is 0 Å². The lowest BCUT2D eigenvalue weighted by Crippen LogP contribution is -2.37. The van der Waals surface area contributed by atoms with Crippen molar-refractivity contribution < 1.29 is 55.6 Å². The molecule has 2 fully saturated rings. The first kappa shape index (κ1) is 32.4. The Kier molecular flexibility index (Phi) is 14.6. The number of alkyl halides is 6. The number of carboxylic acid groups (broad SMARTS) is 2. The Labute approximate surface area is 194 Å². The highest BCUT2D eigenvalue weighted by Crippen LogP contribution is 2.40. The monoisotopic (exact) mass is 512 g/mol. The summed E-state index contributed by atoms with van der Waals surface area (Å²) in [5.41, 5.74) is 0. The molecule has 0 spiro atoms. The summed E-state index contributed by atoms with van der Waals surface area (Å²) in [5.74, 6) is -2.80. The van der Waals surface area contributed by atoms with Crippen LogP contribution in [0, 0.1) is 17.8 Å². The number of carbonyl (C=O) groups is 2. The molecule has 0 unspecified atom stereocenters. The smallest absolute Gasteiger partial charge is 0.475 e. The van der Waals surface area contributed by atoms with Crippen LogP contribution in [0.4, 0.5) is 26.3 Å². The minimum Gasteiger partial charge on any atom is -0.475 e. The summed E-state index contributed by atoms with van der Waals surface area (Å²) in [4.78, 5) is 22.9. The Balaban J connectivity index is 0.000000642. The molecule has 0 radical (unpaired) electrons. The van der Waals surface area contributed by atoms with Crippen molar-refractivity contribution in [1.29, 1.82) is 0 Å². The van der Waals surface area contributed by atoms with E-state index in [1.165, 1.54) is 38.9 Å². The van der Waals surface area contributed by atoms with Gasteiger partial charge in [0.05, 0.1) is 13.2 Å². The number of ether oxygens (including phenoxy) is 2. The average molecular weight is 512 g/mol. The number of halogens is 6. The van der Waals surface area contributed by atoms with Crippen molar-refractivity contribution in [3.63, 3.8) is 0 Å². The number of nitrogens with zero attached hydrogens (tertiary/aromatic N) is 2. The van der Waals surface area contributed by atoms with Gasteiger partial charge in [-0.1, -0.05) is 6.42 Å². The number of likely N-dealkylation sites (N-methyl/N-ethyl adjacent to an activating group) is 1. The molecule has 1 saturated heterocycles. The molecule has 34 heavy (non-hydrogen) atoms. The van der Waals surface area contributed by atoms with Crippen LogP contribution in [0.1, 0.15) is 19.3 Å². The second kappa shape index (κ2) is 15.4. The quantitative estimate of drug-likeness (QED) is 0.479. The Bertz CT molecular complexity index is 581. The van der Waals surface area contributed by atoms with Gasteiger partial charge in [0.2, 0.25) is 0 Å². The standard InChI is InChI=1S/C16H32N2O2.2C2HF3O2/c1-17(7-9-19-2)11-14-5-4-6-15-12-18(8-10-20-3)13-16(14)15;2*3-2(4,5)1(6)7/h14-16H,4-13H2,1-3H3;2*(H,6,7)/t14-,15+,16+;;/m0../s1. The zero-order valence-corrected chi connectivity index (χ0v) is 19.5. The fourth-order valence-electron chi connectivity index (χ4n) is 4.05. The molecule has 0 aromatic rings. The molecule has 3 atom stereocenters. The van der Waals surface area contributed by atoms with Crippen LogP contribution < -0.4 is 0 Å². The number of fused-ring (bicyclic) bond motifs is 1. The largest absolute Gasteiger partial charge is 0.490 e. The molecular formula is C20H34F6N2O6. The predicted molar refractivity (Wildman–Crippen MR) is 109 cm³/mol. The van der Waals surface area contributed by atoms with Gasteiger partial charge in [-0.2, -0.15) is 26.3 Å². The molecule has 0 bridgehead atoms. The highest BCUT2D eigenvalue weighted by Gasteiger charge is 2.40. The highest BCUT2D eigenvalue weighted by molar-refractivity contribution is 5.73. The van der Waals surface area contributed by atoms with Crippen molar-refractivity contribution in [2.75, 3.05) is 67.2 Å². The first-order chi connectivity index (χ1) is 15.6. The van der Waals surface area contributed by atoms with Gasteiger partial charge in [-0.15, -0.1) is 0 Å². The normalized spacial score (nSPS) is 22.8. The SMILES string of the molecule is COCCN(C)C[C@@H]1CCC[C@@H]2CN(CCOC)C[C@@H]21.O=C(O)C(F)(F)F.O=C(O)C(F)(F)F. The average Bonchev–Trinajstić information content (AvgIpc) is 3.14. The van der Waals surface area contributed by atoms with E-state index in [0.29, 0.717) is 0 Å². The molecular weight excluding hydrogens is 478 g/mol. The molecule has 8 nitrogen and oxygen atoms in total. The third-order valence-corrected chi connectivity index (χ3v) is 5.64. The summed E-state index contributed by atoms with van der Waals surface area (Å²) in [7, 11) is 5.83. The van der Waals surface area contributed by atoms with Gasteiger partial charge >= 0.3 is 24.3 Å². The van der Waals surface area contributed by atoms with Gasteiger partial charge in [0.25, 0.3) is 0 Å². The lowest BCUT2D eigenvalue weighted by molar-refractivity contribution is -0.193. The zero-order chi connectivity index (χ0) is 26.5. The topological polar surface area (TPSA) is 99.5 Å². The molecule has 2 N–H and O–H groups in total. The number of likely N-dealkylation sites (tertiary alicyclic amines) is 1. The van der Waals surface area contributed by atoms with Gasteiger partial charge in [0.1, 0.15) is 0 Å². The van der Waals surface area contributed by atoms with Crippen molar-refractivity contribution in [3.05, 3.63) is 0 Å². The number of rotatable bonds is 8. The van der Waals surface area contributed by atoms with Crippen LogP contribution >= 0.6 is 0 Å². The van der Waals surface area contributed by atoms with Crippen molar-refractivity contribution in [1.82, 2.24) is 9.80 Å². The van der Waals surface area contributed by atoms with Gasteiger partial charge in [-0.25, -0.2) is 9.59 Å². The first-order valence-corrected chi connectivity index (χ1v) is 10.6. The Hall–Kier alpha value is -1.64. The van der Waals surface area contributed by atoms with E-state index in [2.05, 4.69) is 16.8 Å². The fourth-order valence-corrected chi connectivity index (χ4v) is 4.05. The number of aliphatic carboxylic acids is 2. The van der Waals surface area contributed by atoms with Crippen molar-refractivity contribution in [2.24, 2.45) is 17.8 Å². The van der Waals surface area contributed by atoms with E-state index in [4.69, 9.17) is 29.3 Å². The summed E-state index contributed by atoms with van der Waals surface area (Å²) < 4.78 is 73.9. The maximum atomic E-state index is 10.6. The van der Waals surface area contributed by atoms with Gasteiger partial charge < -0.3 is 29.5 Å². The number of carboxylic acids is 2. The minimum atomic E-state index is -5.08. The van der Waals surface area contributed by atoms with Gasteiger partial charge in [0, 0.05) is 46.9 Å². The Morgan fingerprint density at radius 3 is 1.88 bits per heavy atom. The molecule has 2 aliphatic rings. The van der Waals surface area contributed by atoms with E-state index in [1.807, 2.05) is 0 Å². The molecule has 1 heterocycles. The molecule has 0 aromatic heterocycles. The van der Waals surface area contributed by atoms with Crippen LogP contribution in [0.3, 0.4) is 0 Å². The molecule has 14 heteroatoms. The van der Waals surface area contributed by atoms with Crippen molar-refractivity contribution in [3.8, 4) is 0 Å². The lowest BCUT2D eigenvalue weighted by Gasteiger charge is -2.35. The van der Waals surface area contributed by atoms with E-state index in [0.717, 1.165) is 44.1 Å². The van der Waals surface area contributed by atoms with E-state index < -0.39 is 24.3 Å². The van der Waals surface area contributed by atoms with E-state index in [-0.39, 0.29) is 0 Å². The van der Waals surface area contributed by atoms with Gasteiger partial charge in [-0.05, 0) is 37.6 Å². The highest BCUT2D eigenvalue weighted by atomic mass is 19.4. The van der Waals surface area contributed by atoms with Crippen LogP contribution in [-0.2, 0) is 19.1 Å². The van der Waals surface area contributed by atoms with Gasteiger partial charge in [-0.3, -0.25) is 0 Å². The second-order valence-electron chi connectivity index (χ2n) is 8.23. The summed E-state index contributed by atoms with van der Waals surface area (Å²) >= 11 is 0. The maximum absolute atomic E-state index is 10.6. The van der Waals surface area contributed by atoms with Crippen LogP contribution in [-0.4, -0.2) is 112 Å². The Morgan fingerprint density at radius 2 is 1.44 bits per heavy atom. The van der Waals surface area contributed by atoms with Crippen LogP contribution in [0.2, 0.25) is 0 Å². The summed E-state index contributed by atoms with van der Waals surface area (Å²) in [6.45, 7) is 7.70. The number of hydrogen-bond donors (Lipinski definition) is 2. The van der Waals surface area contributed by atoms with Crippen molar-refractivity contribution >= 4 is 11.9 Å². The summed E-state index contributed by atoms with van der Waals surface area (Å²) in [6, 6.07) is 0. The molecule has 2 rings (SSSR count). The van der Waals surface area contributed by atoms with Gasteiger partial charge in [0.15, 0.2) is 0 Å². The van der Waals surface area contributed by atoms with Crippen LogP contribution in [0.5, 0.6) is 0 Å². The van der Waals surface area contributed by atoms with Crippen LogP contribution in [0.25, 0.3) is 0 Å². The molecule has 1 aliphatic carbocycles. The summed E-state index contributed by atoms with van der Waals surface area (Å²) in [6.07, 6.45) is -5.90. The molecule has 202 valence electrons. The Morgan fingerprint density at radius 1 is 0.941 bits per heavy atom. The molecule has 0 amide bonds. The maximum Gasteiger partial charge on any atom is 0.490 e. The third-order valence-electron chi connectivity index (χ3n) is 5.64. The van der Waals surface area contributed by atoms with Crippen LogP contribution in [0.15, 0.2) is 0 Å². The second-order valence-corrected chi connectivity index (χ2v) is 8.23. The van der Waals surface area contributed by atoms with E-state index in [9.17, 15) is 26.3 Å². The zero-order valence-electron chi connectivity index (χ0n) is 19.5. The van der Waals surface area contributed by atoms with E-state index in [1.54, 1.807) is 14.2 Å². The lowest BCUT2D eigenvalue weighted by atomic mass is 9.74. The van der Waals surface area contributed by atoms with Crippen molar-refractivity contribution in [2.45, 2.75) is 31.6 Å². The molecule has 1 aliphatic heterocycles. The number of methoxy groups -OCH3 is 2. The first-order valence-electron chi connectivity index (χ1n) is 10.6. The predicted octanol–water partition coefficient (Wildman–Crippen LogP) is 2.83. The third kappa shape index (κ3) is 13.3. The fraction of sp³-hybridized carbons (Fsp3) is 0.900. The molecule has 1 saturated carbocycles.